The van der Waals surface area contributed by atoms with Crippen molar-refractivity contribution in [3.8, 4) is 0 Å². The molecule has 1 heterocycles. The predicted octanol–water partition coefficient (Wildman–Crippen LogP) is 2.35. The van der Waals surface area contributed by atoms with Crippen LogP contribution in [-0.2, 0) is 0 Å². The summed E-state index contributed by atoms with van der Waals surface area (Å²) in [5.74, 6) is -2.39. The first kappa shape index (κ1) is 14.8. The highest BCUT2D eigenvalue weighted by molar-refractivity contribution is 4.81. The van der Waals surface area contributed by atoms with Gasteiger partial charge in [0.15, 0.2) is 0 Å². The van der Waals surface area contributed by atoms with Crippen LogP contribution in [0.15, 0.2) is 0 Å². The van der Waals surface area contributed by atoms with Gasteiger partial charge in [0, 0.05) is 12.1 Å². The van der Waals surface area contributed by atoms with E-state index in [9.17, 15) is 8.78 Å². The van der Waals surface area contributed by atoms with Gasteiger partial charge in [-0.2, -0.15) is 0 Å². The van der Waals surface area contributed by atoms with Gasteiger partial charge in [-0.1, -0.05) is 6.92 Å². The summed E-state index contributed by atoms with van der Waals surface area (Å²) in [6.07, 6.45) is 0. The number of nitrogens with zero attached hydrogens (tertiary/aromatic N) is 1. The molecule has 1 aliphatic heterocycles. The highest BCUT2D eigenvalue weighted by Gasteiger charge is 2.36. The van der Waals surface area contributed by atoms with Gasteiger partial charge in [0.25, 0.3) is 5.92 Å². The van der Waals surface area contributed by atoms with Crippen molar-refractivity contribution in [3.63, 3.8) is 0 Å². The lowest BCUT2D eigenvalue weighted by molar-refractivity contribution is -0.0475. The van der Waals surface area contributed by atoms with Crippen molar-refractivity contribution in [2.24, 2.45) is 0 Å². The minimum atomic E-state index is -2.39. The van der Waals surface area contributed by atoms with Gasteiger partial charge in [-0.3, -0.25) is 4.90 Å². The summed E-state index contributed by atoms with van der Waals surface area (Å²) in [6.45, 7) is 12.1. The van der Waals surface area contributed by atoms with Crippen LogP contribution in [0.1, 0.15) is 34.6 Å². The van der Waals surface area contributed by atoms with Crippen LogP contribution in [0.3, 0.4) is 0 Å². The summed E-state index contributed by atoms with van der Waals surface area (Å²) in [4.78, 5) is 2.46. The molecule has 0 aromatic rings. The fourth-order valence-corrected chi connectivity index (χ4v) is 1.64. The first-order valence-corrected chi connectivity index (χ1v) is 5.64. The molecule has 0 atom stereocenters. The summed E-state index contributed by atoms with van der Waals surface area (Å²) >= 11 is 0. The lowest BCUT2D eigenvalue weighted by Crippen LogP contribution is -2.52. The van der Waals surface area contributed by atoms with E-state index < -0.39 is 5.92 Å². The molecule has 4 heteroatoms. The van der Waals surface area contributed by atoms with Gasteiger partial charge in [0.2, 0.25) is 0 Å². The van der Waals surface area contributed by atoms with Crippen molar-refractivity contribution in [1.82, 2.24) is 10.2 Å². The number of halogens is 2. The Morgan fingerprint density at radius 3 is 1.47 bits per heavy atom. The summed E-state index contributed by atoms with van der Waals surface area (Å²) < 4.78 is 23.0. The molecular weight excluding hydrogens is 198 g/mol. The zero-order valence-electron chi connectivity index (χ0n) is 10.5. The highest BCUT2D eigenvalue weighted by atomic mass is 19.3. The van der Waals surface area contributed by atoms with Gasteiger partial charge in [-0.15, -0.1) is 0 Å². The molecule has 2 nitrogen and oxygen atoms in total. The zero-order chi connectivity index (χ0) is 12.1. The largest absolute Gasteiger partial charge is 0.305 e. The molecule has 1 saturated heterocycles. The molecular formula is C11H24F2N2. The van der Waals surface area contributed by atoms with Crippen LogP contribution >= 0.6 is 0 Å². The Balaban J connectivity index is 0.000000280. The molecule has 1 fully saturated rings. The molecule has 0 aliphatic carbocycles. The second-order valence-corrected chi connectivity index (χ2v) is 4.48. The van der Waals surface area contributed by atoms with E-state index in [2.05, 4.69) is 44.8 Å². The van der Waals surface area contributed by atoms with E-state index in [1.54, 1.807) is 0 Å². The monoisotopic (exact) mass is 222 g/mol. The molecule has 1 rings (SSSR count). The zero-order valence-corrected chi connectivity index (χ0v) is 10.5. The standard InChI is InChI=1S/C8H19N.C3H5F2N/c1-6-9(7(2)3)8(4)5;4-3(5)1-6-2-3/h7-8H,6H2,1-5H3;6H,1-2H2. The normalized spacial score (nSPS) is 18.8. The molecule has 0 bridgehead atoms. The van der Waals surface area contributed by atoms with E-state index in [-0.39, 0.29) is 13.1 Å². The van der Waals surface area contributed by atoms with E-state index in [4.69, 9.17) is 0 Å². The highest BCUT2D eigenvalue weighted by Crippen LogP contribution is 2.16. The smallest absolute Gasteiger partial charge is 0.272 e. The fourth-order valence-electron chi connectivity index (χ4n) is 1.64. The molecule has 0 unspecified atom stereocenters. The minimum Gasteiger partial charge on any atom is -0.305 e. The third kappa shape index (κ3) is 6.05. The second kappa shape index (κ2) is 6.38. The van der Waals surface area contributed by atoms with Crippen molar-refractivity contribution in [1.29, 1.82) is 0 Å². The van der Waals surface area contributed by atoms with Gasteiger partial charge in [-0.25, -0.2) is 8.78 Å². The van der Waals surface area contributed by atoms with E-state index in [1.165, 1.54) is 0 Å². The average molecular weight is 222 g/mol. The van der Waals surface area contributed by atoms with E-state index in [0.717, 1.165) is 6.54 Å². The Bertz CT molecular complexity index is 156. The lowest BCUT2D eigenvalue weighted by atomic mass is 10.2. The van der Waals surface area contributed by atoms with Crippen LogP contribution < -0.4 is 5.32 Å². The van der Waals surface area contributed by atoms with E-state index >= 15 is 0 Å². The third-order valence-corrected chi connectivity index (χ3v) is 2.46. The number of hydrogen-bond donors (Lipinski definition) is 1. The van der Waals surface area contributed by atoms with Crippen molar-refractivity contribution in [2.75, 3.05) is 19.6 Å². The number of alkyl halides is 2. The molecule has 0 radical (unpaired) electrons. The molecule has 0 spiro atoms. The van der Waals surface area contributed by atoms with E-state index in [1.807, 2.05) is 0 Å². The van der Waals surface area contributed by atoms with Crippen molar-refractivity contribution in [3.05, 3.63) is 0 Å². The summed E-state index contributed by atoms with van der Waals surface area (Å²) in [5.41, 5.74) is 0. The first-order chi connectivity index (χ1) is 6.80. The first-order valence-electron chi connectivity index (χ1n) is 5.64. The topological polar surface area (TPSA) is 15.3 Å². The molecule has 1 aliphatic rings. The maximum Gasteiger partial charge on any atom is 0.272 e. The van der Waals surface area contributed by atoms with Crippen LogP contribution in [0, 0.1) is 0 Å². The fraction of sp³-hybridized carbons (Fsp3) is 1.00. The minimum absolute atomic E-state index is 0.132. The molecule has 15 heavy (non-hydrogen) atoms. The van der Waals surface area contributed by atoms with E-state index in [0.29, 0.717) is 12.1 Å². The van der Waals surface area contributed by atoms with Crippen LogP contribution in [0.25, 0.3) is 0 Å². The molecule has 1 N–H and O–H groups in total. The van der Waals surface area contributed by atoms with Crippen LogP contribution in [0.5, 0.6) is 0 Å². The lowest BCUT2D eigenvalue weighted by Gasteiger charge is -2.28. The summed E-state index contributed by atoms with van der Waals surface area (Å²) in [7, 11) is 0. The Kier molecular flexibility index (Phi) is 6.29. The Labute approximate surface area is 92.0 Å². The van der Waals surface area contributed by atoms with Crippen molar-refractivity contribution in [2.45, 2.75) is 52.6 Å². The maximum absolute atomic E-state index is 11.5. The molecule has 0 aromatic carbocycles. The predicted molar refractivity (Wildman–Crippen MR) is 60.5 cm³/mol. The molecule has 0 aromatic heterocycles. The van der Waals surface area contributed by atoms with Gasteiger partial charge >= 0.3 is 0 Å². The van der Waals surface area contributed by atoms with Crippen LogP contribution in [-0.4, -0.2) is 42.5 Å². The van der Waals surface area contributed by atoms with Crippen molar-refractivity contribution >= 4 is 0 Å². The Morgan fingerprint density at radius 1 is 1.13 bits per heavy atom. The average Bonchev–Trinajstić information content (AvgIpc) is 2.02. The second-order valence-electron chi connectivity index (χ2n) is 4.48. The van der Waals surface area contributed by atoms with Gasteiger partial charge in [-0.05, 0) is 34.2 Å². The molecule has 0 amide bonds. The third-order valence-electron chi connectivity index (χ3n) is 2.46. The van der Waals surface area contributed by atoms with Crippen LogP contribution in [0.2, 0.25) is 0 Å². The van der Waals surface area contributed by atoms with Gasteiger partial charge < -0.3 is 5.32 Å². The maximum atomic E-state index is 11.5. The quantitative estimate of drug-likeness (QED) is 0.788. The number of hydrogen-bond acceptors (Lipinski definition) is 2. The number of rotatable bonds is 3. The summed E-state index contributed by atoms with van der Waals surface area (Å²) in [5, 5.41) is 2.45. The Morgan fingerprint density at radius 2 is 1.47 bits per heavy atom. The van der Waals surface area contributed by atoms with Gasteiger partial charge in [0.1, 0.15) is 0 Å². The van der Waals surface area contributed by atoms with Crippen LogP contribution in [0.4, 0.5) is 8.78 Å². The van der Waals surface area contributed by atoms with Crippen molar-refractivity contribution < 1.29 is 8.78 Å². The summed E-state index contributed by atoms with van der Waals surface area (Å²) in [6, 6.07) is 1.38. The van der Waals surface area contributed by atoms with Gasteiger partial charge in [0.05, 0.1) is 13.1 Å². The number of nitrogens with one attached hydrogen (secondary N) is 1. The SMILES string of the molecule is CCN(C(C)C)C(C)C.FC1(F)CNC1. The molecule has 92 valence electrons. The molecule has 0 saturated carbocycles. The Hall–Kier alpha value is -0.220.